The summed E-state index contributed by atoms with van der Waals surface area (Å²) in [4.78, 5) is 23.7. The van der Waals surface area contributed by atoms with E-state index in [0.717, 1.165) is 31.0 Å². The quantitative estimate of drug-likeness (QED) is 0.616. The lowest BCUT2D eigenvalue weighted by molar-refractivity contribution is -0.117. The highest BCUT2D eigenvalue weighted by Crippen LogP contribution is 2.21. The van der Waals surface area contributed by atoms with Crippen LogP contribution in [-0.4, -0.2) is 24.2 Å². The summed E-state index contributed by atoms with van der Waals surface area (Å²) >= 11 is 1.07. The van der Waals surface area contributed by atoms with Gasteiger partial charge in [-0.15, -0.1) is 11.8 Å². The normalized spacial score (nSPS) is 14.0. The van der Waals surface area contributed by atoms with Crippen LogP contribution in [0.3, 0.4) is 0 Å². The molecule has 0 saturated heterocycles. The minimum atomic E-state index is -0.499. The van der Waals surface area contributed by atoms with Gasteiger partial charge < -0.3 is 5.32 Å². The van der Waals surface area contributed by atoms with Crippen molar-refractivity contribution in [2.75, 3.05) is 12.3 Å². The van der Waals surface area contributed by atoms with Crippen LogP contribution in [0.15, 0.2) is 40.8 Å². The number of nitrogens with one attached hydrogen (secondary N) is 2. The van der Waals surface area contributed by atoms with Crippen molar-refractivity contribution in [2.24, 2.45) is 0 Å². The lowest BCUT2D eigenvalue weighted by Crippen LogP contribution is -2.40. The second-order valence-corrected chi connectivity index (χ2v) is 6.40. The van der Waals surface area contributed by atoms with Crippen LogP contribution < -0.4 is 10.6 Å². The Kier molecular flexibility index (Phi) is 7.13. The molecule has 1 aliphatic carbocycles. The molecule has 0 heterocycles. The first-order valence-electron chi connectivity index (χ1n) is 7.78. The second-order valence-electron chi connectivity index (χ2n) is 5.38. The molecule has 1 aromatic carbocycles. The number of allylic oxidation sites excluding steroid dienone is 1. The summed E-state index contributed by atoms with van der Waals surface area (Å²) in [7, 11) is 0. The van der Waals surface area contributed by atoms with E-state index in [2.05, 4.69) is 16.7 Å². The van der Waals surface area contributed by atoms with Crippen molar-refractivity contribution < 1.29 is 14.0 Å². The summed E-state index contributed by atoms with van der Waals surface area (Å²) in [5.41, 5.74) is 1.37. The van der Waals surface area contributed by atoms with Gasteiger partial charge in [0.05, 0.1) is 5.75 Å². The number of carbonyl (C=O) groups excluding carboxylic acids is 2. The summed E-state index contributed by atoms with van der Waals surface area (Å²) in [6, 6.07) is 5.74. The summed E-state index contributed by atoms with van der Waals surface area (Å²) in [6.45, 7) is 0.519. The maximum absolute atomic E-state index is 13.4. The highest BCUT2D eigenvalue weighted by atomic mass is 32.2. The number of urea groups is 1. The predicted molar refractivity (Wildman–Crippen MR) is 89.8 cm³/mol. The summed E-state index contributed by atoms with van der Waals surface area (Å²) in [6.07, 6.45) is 7.73. The molecule has 0 fully saturated rings. The number of halogens is 1. The molecule has 0 atom stereocenters. The van der Waals surface area contributed by atoms with E-state index >= 15 is 0 Å². The number of amides is 3. The van der Waals surface area contributed by atoms with Crippen LogP contribution in [0, 0.1) is 5.82 Å². The molecular weight excluding hydrogens is 315 g/mol. The Morgan fingerprint density at radius 3 is 2.78 bits per heavy atom. The first-order chi connectivity index (χ1) is 11.1. The molecule has 0 saturated carbocycles. The first-order valence-corrected chi connectivity index (χ1v) is 8.76. The molecule has 0 bridgehead atoms. The van der Waals surface area contributed by atoms with Crippen LogP contribution in [-0.2, 0) is 4.79 Å². The number of rotatable bonds is 6. The van der Waals surface area contributed by atoms with Crippen LogP contribution in [0.5, 0.6) is 0 Å². The Morgan fingerprint density at radius 1 is 1.22 bits per heavy atom. The minimum absolute atomic E-state index is 0.000490. The fourth-order valence-electron chi connectivity index (χ4n) is 2.38. The molecule has 124 valence electrons. The number of hydrogen-bond donors (Lipinski definition) is 2. The van der Waals surface area contributed by atoms with Gasteiger partial charge >= 0.3 is 6.03 Å². The van der Waals surface area contributed by atoms with Crippen LogP contribution >= 0.6 is 11.8 Å². The van der Waals surface area contributed by atoms with E-state index < -0.39 is 11.9 Å². The third-order valence-electron chi connectivity index (χ3n) is 3.57. The molecule has 0 radical (unpaired) electrons. The Hall–Kier alpha value is -1.82. The monoisotopic (exact) mass is 336 g/mol. The van der Waals surface area contributed by atoms with Gasteiger partial charge in [-0.05, 0) is 44.2 Å². The van der Waals surface area contributed by atoms with E-state index in [1.54, 1.807) is 18.2 Å². The third-order valence-corrected chi connectivity index (χ3v) is 4.61. The van der Waals surface area contributed by atoms with E-state index in [1.807, 2.05) is 0 Å². The molecule has 6 heteroatoms. The predicted octanol–water partition coefficient (Wildman–Crippen LogP) is 3.63. The van der Waals surface area contributed by atoms with Crippen molar-refractivity contribution in [2.45, 2.75) is 37.0 Å². The molecule has 1 aromatic rings. The van der Waals surface area contributed by atoms with Gasteiger partial charge in [-0.3, -0.25) is 10.1 Å². The molecular formula is C17H21FN2O2S. The van der Waals surface area contributed by atoms with Crippen LogP contribution in [0.4, 0.5) is 9.18 Å². The Bertz CT molecular complexity index is 590. The Labute approximate surface area is 139 Å². The highest BCUT2D eigenvalue weighted by Gasteiger charge is 2.10. The average molecular weight is 336 g/mol. The van der Waals surface area contributed by atoms with E-state index in [0.29, 0.717) is 11.4 Å². The molecule has 4 nitrogen and oxygen atoms in total. The van der Waals surface area contributed by atoms with E-state index in [9.17, 15) is 14.0 Å². The molecule has 1 aliphatic rings. The van der Waals surface area contributed by atoms with Crippen LogP contribution in [0.2, 0.25) is 0 Å². The highest BCUT2D eigenvalue weighted by molar-refractivity contribution is 8.00. The third kappa shape index (κ3) is 6.44. The average Bonchev–Trinajstić information content (AvgIpc) is 2.55. The lowest BCUT2D eigenvalue weighted by Gasteiger charge is -2.13. The van der Waals surface area contributed by atoms with Crippen molar-refractivity contribution >= 4 is 23.7 Å². The standard InChI is InChI=1S/C17H21FN2O2S/c18-14-8-4-5-9-15(14)23-12-16(21)20-17(22)19-11-10-13-6-2-1-3-7-13/h4-6,8-9H,1-3,7,10-12H2,(H2,19,20,21,22). The Morgan fingerprint density at radius 2 is 2.04 bits per heavy atom. The number of hydrogen-bond acceptors (Lipinski definition) is 3. The van der Waals surface area contributed by atoms with Gasteiger partial charge in [0.15, 0.2) is 0 Å². The van der Waals surface area contributed by atoms with Crippen molar-refractivity contribution in [3.63, 3.8) is 0 Å². The van der Waals surface area contributed by atoms with Gasteiger partial charge in [-0.1, -0.05) is 23.8 Å². The second kappa shape index (κ2) is 9.35. The minimum Gasteiger partial charge on any atom is -0.337 e. The molecule has 0 spiro atoms. The zero-order chi connectivity index (χ0) is 16.5. The molecule has 0 aromatic heterocycles. The molecule has 0 aliphatic heterocycles. The Balaban J connectivity index is 1.63. The van der Waals surface area contributed by atoms with Gasteiger partial charge in [0.2, 0.25) is 5.91 Å². The summed E-state index contributed by atoms with van der Waals surface area (Å²) in [5.74, 6) is -0.803. The summed E-state index contributed by atoms with van der Waals surface area (Å²) in [5, 5.41) is 4.93. The van der Waals surface area contributed by atoms with Crippen molar-refractivity contribution in [3.8, 4) is 0 Å². The van der Waals surface area contributed by atoms with Gasteiger partial charge in [-0.2, -0.15) is 0 Å². The summed E-state index contributed by atoms with van der Waals surface area (Å²) < 4.78 is 13.4. The molecule has 0 unspecified atom stereocenters. The van der Waals surface area contributed by atoms with Gasteiger partial charge in [0.1, 0.15) is 5.82 Å². The van der Waals surface area contributed by atoms with Crippen molar-refractivity contribution in [1.29, 1.82) is 0 Å². The first kappa shape index (κ1) is 17.5. The van der Waals surface area contributed by atoms with Crippen LogP contribution in [0.25, 0.3) is 0 Å². The molecule has 2 rings (SSSR count). The zero-order valence-corrected chi connectivity index (χ0v) is 13.8. The number of benzene rings is 1. The number of carbonyl (C=O) groups is 2. The zero-order valence-electron chi connectivity index (χ0n) is 12.9. The molecule has 3 amide bonds. The van der Waals surface area contributed by atoms with Gasteiger partial charge in [0.25, 0.3) is 0 Å². The van der Waals surface area contributed by atoms with Crippen LogP contribution in [0.1, 0.15) is 32.1 Å². The number of imide groups is 1. The smallest absolute Gasteiger partial charge is 0.321 e. The number of thioether (sulfide) groups is 1. The fourth-order valence-corrected chi connectivity index (χ4v) is 3.12. The SMILES string of the molecule is O=C(CSc1ccccc1F)NC(=O)NCCC1=CCCCC1. The topological polar surface area (TPSA) is 58.2 Å². The van der Waals surface area contributed by atoms with Gasteiger partial charge in [0, 0.05) is 11.4 Å². The lowest BCUT2D eigenvalue weighted by atomic mass is 9.97. The molecule has 23 heavy (non-hydrogen) atoms. The van der Waals surface area contributed by atoms with E-state index in [4.69, 9.17) is 0 Å². The maximum Gasteiger partial charge on any atom is 0.321 e. The van der Waals surface area contributed by atoms with E-state index in [1.165, 1.54) is 24.5 Å². The fraction of sp³-hybridized carbons (Fsp3) is 0.412. The van der Waals surface area contributed by atoms with Crippen molar-refractivity contribution in [3.05, 3.63) is 41.7 Å². The van der Waals surface area contributed by atoms with Gasteiger partial charge in [-0.25, -0.2) is 9.18 Å². The van der Waals surface area contributed by atoms with E-state index in [-0.39, 0.29) is 11.6 Å². The maximum atomic E-state index is 13.4. The van der Waals surface area contributed by atoms with Crippen molar-refractivity contribution in [1.82, 2.24) is 10.6 Å². The largest absolute Gasteiger partial charge is 0.337 e. The molecule has 2 N–H and O–H groups in total.